The van der Waals surface area contributed by atoms with E-state index in [-0.39, 0.29) is 18.0 Å². The molecule has 3 amide bonds. The first kappa shape index (κ1) is 32.1. The number of amides is 3. The van der Waals surface area contributed by atoms with Crippen LogP contribution in [0.15, 0.2) is 0 Å². The van der Waals surface area contributed by atoms with Crippen LogP contribution in [0, 0.1) is 11.3 Å². The fraction of sp³-hybridized carbons (Fsp3) is 0.885. The van der Waals surface area contributed by atoms with Gasteiger partial charge in [0, 0.05) is 43.1 Å². The van der Waals surface area contributed by atoms with Crippen molar-refractivity contribution in [3.05, 3.63) is 0 Å². The molecule has 2 rings (SSSR count). The SMILES string of the molecule is CC(C)N(C(C)C)P(OCCC#N)OCCCCCCNC(=O)CCCCC1SC[C@H]2[C@@H]1NC(=O)N2C. The molecule has 212 valence electrons. The quantitative estimate of drug-likeness (QED) is 0.130. The summed E-state index contributed by atoms with van der Waals surface area (Å²) < 4.78 is 14.3. The predicted octanol–water partition coefficient (Wildman–Crippen LogP) is 5.02. The molecule has 4 atom stereocenters. The Bertz CT molecular complexity index is 730. The number of hydrogen-bond acceptors (Lipinski definition) is 7. The van der Waals surface area contributed by atoms with E-state index >= 15 is 0 Å². The minimum atomic E-state index is -1.17. The van der Waals surface area contributed by atoms with Crippen LogP contribution < -0.4 is 10.6 Å². The predicted molar refractivity (Wildman–Crippen MR) is 151 cm³/mol. The number of carbonyl (C=O) groups excluding carboxylic acids is 2. The van der Waals surface area contributed by atoms with Crippen LogP contribution in [0.5, 0.6) is 0 Å². The first-order chi connectivity index (χ1) is 17.8. The molecule has 0 bridgehead atoms. The largest absolute Gasteiger partial charge is 0.356 e. The van der Waals surface area contributed by atoms with Gasteiger partial charge in [-0.1, -0.05) is 19.3 Å². The second kappa shape index (κ2) is 17.5. The van der Waals surface area contributed by atoms with Gasteiger partial charge in [-0.15, -0.1) is 0 Å². The second-order valence-electron chi connectivity index (χ2n) is 10.4. The van der Waals surface area contributed by atoms with E-state index in [2.05, 4.69) is 49.1 Å². The molecule has 0 saturated carbocycles. The van der Waals surface area contributed by atoms with Gasteiger partial charge in [0.05, 0.1) is 37.8 Å². The molecule has 2 fully saturated rings. The number of hydrogen-bond donors (Lipinski definition) is 2. The molecule has 0 spiro atoms. The van der Waals surface area contributed by atoms with Gasteiger partial charge in [0.25, 0.3) is 8.53 Å². The van der Waals surface area contributed by atoms with E-state index in [4.69, 9.17) is 14.3 Å². The summed E-state index contributed by atoms with van der Waals surface area (Å²) in [5.74, 6) is 1.14. The summed E-state index contributed by atoms with van der Waals surface area (Å²) in [5.41, 5.74) is 0. The van der Waals surface area contributed by atoms with Crippen molar-refractivity contribution in [2.75, 3.05) is 32.6 Å². The van der Waals surface area contributed by atoms with Crippen LogP contribution in [0.25, 0.3) is 0 Å². The fourth-order valence-corrected chi connectivity index (χ4v) is 8.15. The summed E-state index contributed by atoms with van der Waals surface area (Å²) in [6.07, 6.45) is 7.93. The van der Waals surface area contributed by atoms with Crippen molar-refractivity contribution in [1.82, 2.24) is 20.2 Å². The highest BCUT2D eigenvalue weighted by molar-refractivity contribution is 8.00. The van der Waals surface area contributed by atoms with Gasteiger partial charge < -0.3 is 24.6 Å². The minimum Gasteiger partial charge on any atom is -0.356 e. The summed E-state index contributed by atoms with van der Waals surface area (Å²) >= 11 is 1.95. The molecule has 2 unspecified atom stereocenters. The van der Waals surface area contributed by atoms with Crippen LogP contribution in [-0.4, -0.2) is 83.5 Å². The van der Waals surface area contributed by atoms with Crippen molar-refractivity contribution in [2.24, 2.45) is 0 Å². The Morgan fingerprint density at radius 2 is 1.86 bits per heavy atom. The van der Waals surface area contributed by atoms with Gasteiger partial charge in [-0.05, 0) is 53.4 Å². The highest BCUT2D eigenvalue weighted by Crippen LogP contribution is 2.46. The standard InChI is InChI=1S/C26H48N5O4PS/c1-20(2)31(21(3)4)36(35-18-12-15-27)34-17-11-7-6-10-16-28-24(32)14-9-8-13-23-25-22(19-37-23)30(5)26(33)29-25/h20-23,25H,6-14,16-19H2,1-5H3,(H,28,32)(H,29,33)/t22-,23?,25-,36?/m0/s1. The third kappa shape index (κ3) is 10.9. The number of fused-ring (bicyclic) bond motifs is 1. The lowest BCUT2D eigenvalue weighted by Gasteiger charge is -2.35. The highest BCUT2D eigenvalue weighted by Gasteiger charge is 2.46. The monoisotopic (exact) mass is 557 g/mol. The van der Waals surface area contributed by atoms with E-state index in [1.165, 1.54) is 0 Å². The van der Waals surface area contributed by atoms with E-state index in [0.717, 1.165) is 57.2 Å². The van der Waals surface area contributed by atoms with Gasteiger partial charge in [0.15, 0.2) is 0 Å². The average molecular weight is 558 g/mol. The van der Waals surface area contributed by atoms with E-state index in [0.29, 0.717) is 49.4 Å². The van der Waals surface area contributed by atoms with Crippen molar-refractivity contribution in [3.63, 3.8) is 0 Å². The maximum absolute atomic E-state index is 12.2. The maximum Gasteiger partial charge on any atom is 0.317 e. The molecule has 0 aromatic carbocycles. The lowest BCUT2D eigenvalue weighted by molar-refractivity contribution is -0.121. The average Bonchev–Trinajstić information content (AvgIpc) is 3.36. The van der Waals surface area contributed by atoms with Gasteiger partial charge in [-0.25, -0.2) is 9.46 Å². The van der Waals surface area contributed by atoms with E-state index in [1.807, 2.05) is 23.7 Å². The molecule has 0 aromatic heterocycles. The Balaban J connectivity index is 1.49. The summed E-state index contributed by atoms with van der Waals surface area (Å²) in [6, 6.07) is 3.36. The Hall–Kier alpha value is -1.11. The Kier molecular flexibility index (Phi) is 15.2. The topological polar surface area (TPSA) is 107 Å². The van der Waals surface area contributed by atoms with E-state index in [9.17, 15) is 9.59 Å². The van der Waals surface area contributed by atoms with Crippen LogP contribution in [0.3, 0.4) is 0 Å². The van der Waals surface area contributed by atoms with Crippen LogP contribution in [-0.2, 0) is 13.8 Å². The molecule has 0 aliphatic carbocycles. The van der Waals surface area contributed by atoms with Gasteiger partial charge in [0.2, 0.25) is 5.91 Å². The lowest BCUT2D eigenvalue weighted by atomic mass is 10.0. The number of unbranched alkanes of at least 4 members (excludes halogenated alkanes) is 4. The Morgan fingerprint density at radius 1 is 1.16 bits per heavy atom. The maximum atomic E-state index is 12.2. The smallest absolute Gasteiger partial charge is 0.317 e. The highest BCUT2D eigenvalue weighted by atomic mass is 32.2. The number of nitrogens with one attached hydrogen (secondary N) is 2. The van der Waals surface area contributed by atoms with Crippen LogP contribution in [0.4, 0.5) is 4.79 Å². The summed E-state index contributed by atoms with van der Waals surface area (Å²) in [5, 5.41) is 15.4. The van der Waals surface area contributed by atoms with Crippen LogP contribution >= 0.6 is 20.3 Å². The zero-order chi connectivity index (χ0) is 27.2. The molecule has 11 heteroatoms. The lowest BCUT2D eigenvalue weighted by Crippen LogP contribution is -2.37. The first-order valence-corrected chi connectivity index (χ1v) is 16.1. The van der Waals surface area contributed by atoms with Gasteiger partial charge >= 0.3 is 6.03 Å². The number of likely N-dealkylation sites (N-methyl/N-ethyl adjacent to an activating group) is 1. The zero-order valence-corrected chi connectivity index (χ0v) is 25.1. The molecule has 9 nitrogen and oxygen atoms in total. The van der Waals surface area contributed by atoms with Crippen molar-refractivity contribution < 1.29 is 18.6 Å². The minimum absolute atomic E-state index is 0.0437. The molecule has 2 aliphatic rings. The number of rotatable bonds is 19. The normalized spacial score (nSPS) is 22.0. The molecule has 0 aromatic rings. The number of nitrogens with zero attached hydrogens (tertiary/aromatic N) is 3. The summed E-state index contributed by atoms with van der Waals surface area (Å²) in [4.78, 5) is 25.8. The molecular formula is C26H48N5O4PS. The fourth-order valence-electron chi connectivity index (χ4n) is 4.86. The summed E-state index contributed by atoms with van der Waals surface area (Å²) in [6.45, 7) is 10.3. The van der Waals surface area contributed by atoms with Gasteiger partial charge in [-0.2, -0.15) is 17.0 Å². The molecule has 2 saturated heterocycles. The number of thioether (sulfide) groups is 1. The third-order valence-corrected chi connectivity index (χ3v) is 10.4. The van der Waals surface area contributed by atoms with E-state index < -0.39 is 8.53 Å². The Morgan fingerprint density at radius 3 is 2.57 bits per heavy atom. The number of urea groups is 1. The zero-order valence-electron chi connectivity index (χ0n) is 23.4. The number of nitriles is 1. The van der Waals surface area contributed by atoms with Gasteiger partial charge in [-0.3, -0.25) is 4.79 Å². The molecule has 37 heavy (non-hydrogen) atoms. The first-order valence-electron chi connectivity index (χ1n) is 13.9. The van der Waals surface area contributed by atoms with Gasteiger partial charge in [0.1, 0.15) is 0 Å². The molecule has 2 aliphatic heterocycles. The van der Waals surface area contributed by atoms with Crippen LogP contribution in [0.1, 0.15) is 85.5 Å². The molecular weight excluding hydrogens is 509 g/mol. The van der Waals surface area contributed by atoms with E-state index in [1.54, 1.807) is 0 Å². The van der Waals surface area contributed by atoms with Crippen molar-refractivity contribution >= 4 is 32.2 Å². The molecule has 2 N–H and O–H groups in total. The van der Waals surface area contributed by atoms with Crippen molar-refractivity contribution in [3.8, 4) is 6.07 Å². The molecule has 0 radical (unpaired) electrons. The van der Waals surface area contributed by atoms with Crippen molar-refractivity contribution in [2.45, 2.75) is 115 Å². The summed E-state index contributed by atoms with van der Waals surface area (Å²) in [7, 11) is 0.711. The third-order valence-electron chi connectivity index (χ3n) is 6.80. The Labute approximate surface area is 229 Å². The van der Waals surface area contributed by atoms with Crippen LogP contribution in [0.2, 0.25) is 0 Å². The molecule has 2 heterocycles. The number of carbonyl (C=O) groups is 2. The van der Waals surface area contributed by atoms with Crippen molar-refractivity contribution in [1.29, 1.82) is 5.26 Å². The second-order valence-corrected chi connectivity index (χ2v) is 13.1.